The molecule has 0 aromatic carbocycles. The Kier molecular flexibility index (Phi) is 5.21. The number of rotatable bonds is 5. The third-order valence-electron chi connectivity index (χ3n) is 2.06. The van der Waals surface area contributed by atoms with E-state index in [1.54, 1.807) is 6.07 Å². The first-order valence-electron chi connectivity index (χ1n) is 4.84. The van der Waals surface area contributed by atoms with Crippen molar-refractivity contribution in [1.29, 1.82) is 0 Å². The number of ether oxygens (including phenoxy) is 1. The van der Waals surface area contributed by atoms with E-state index in [4.69, 9.17) is 22.1 Å². The van der Waals surface area contributed by atoms with Gasteiger partial charge in [0.15, 0.2) is 0 Å². The van der Waals surface area contributed by atoms with Gasteiger partial charge in [-0.25, -0.2) is 0 Å². The van der Waals surface area contributed by atoms with E-state index < -0.39 is 6.04 Å². The van der Waals surface area contributed by atoms with Crippen LogP contribution in [0.5, 0.6) is 0 Å². The molecule has 90 valence electrons. The quantitative estimate of drug-likeness (QED) is 0.846. The molecule has 1 amide bonds. The summed E-state index contributed by atoms with van der Waals surface area (Å²) in [6, 6.07) is 2.97. The van der Waals surface area contributed by atoms with Gasteiger partial charge in [-0.15, -0.1) is 11.3 Å². The van der Waals surface area contributed by atoms with Gasteiger partial charge in [-0.3, -0.25) is 4.79 Å². The van der Waals surface area contributed by atoms with Crippen LogP contribution in [0.1, 0.15) is 17.8 Å². The van der Waals surface area contributed by atoms with Crippen LogP contribution in [-0.4, -0.2) is 25.7 Å². The van der Waals surface area contributed by atoms with Gasteiger partial charge in [-0.2, -0.15) is 0 Å². The third kappa shape index (κ3) is 3.75. The number of hydrogen-bond acceptors (Lipinski definition) is 4. The van der Waals surface area contributed by atoms with Crippen molar-refractivity contribution in [2.75, 3.05) is 13.7 Å². The maximum atomic E-state index is 11.6. The standard InChI is InChI=1S/C10H15ClN2O2S/c1-6(8-3-4-9(11)16-8)13-10(14)7(12)5-15-2/h3-4,6-7H,5,12H2,1-2H3,(H,13,14). The molecule has 0 saturated carbocycles. The largest absolute Gasteiger partial charge is 0.383 e. The van der Waals surface area contributed by atoms with Gasteiger partial charge in [-0.05, 0) is 19.1 Å². The van der Waals surface area contributed by atoms with E-state index in [2.05, 4.69) is 5.32 Å². The highest BCUT2D eigenvalue weighted by atomic mass is 35.5. The minimum atomic E-state index is -0.636. The lowest BCUT2D eigenvalue weighted by Gasteiger charge is -2.15. The van der Waals surface area contributed by atoms with Crippen LogP contribution in [0.2, 0.25) is 4.34 Å². The van der Waals surface area contributed by atoms with E-state index in [1.165, 1.54) is 18.4 Å². The second kappa shape index (κ2) is 6.20. The minimum Gasteiger partial charge on any atom is -0.383 e. The normalized spacial score (nSPS) is 14.5. The fraction of sp³-hybridized carbons (Fsp3) is 0.500. The van der Waals surface area contributed by atoms with Crippen LogP contribution < -0.4 is 11.1 Å². The van der Waals surface area contributed by atoms with Gasteiger partial charge in [0.1, 0.15) is 6.04 Å². The Morgan fingerprint density at radius 3 is 2.88 bits per heavy atom. The van der Waals surface area contributed by atoms with Crippen molar-refractivity contribution < 1.29 is 9.53 Å². The summed E-state index contributed by atoms with van der Waals surface area (Å²) in [5, 5.41) is 2.80. The number of carbonyl (C=O) groups is 1. The molecule has 2 atom stereocenters. The number of nitrogens with two attached hydrogens (primary N) is 1. The van der Waals surface area contributed by atoms with Crippen molar-refractivity contribution in [3.8, 4) is 0 Å². The van der Waals surface area contributed by atoms with Gasteiger partial charge in [0, 0.05) is 12.0 Å². The Labute approximate surface area is 104 Å². The maximum Gasteiger partial charge on any atom is 0.239 e. The van der Waals surface area contributed by atoms with Crippen LogP contribution in [0.25, 0.3) is 0 Å². The van der Waals surface area contributed by atoms with E-state index in [0.29, 0.717) is 4.34 Å². The zero-order chi connectivity index (χ0) is 12.1. The maximum absolute atomic E-state index is 11.6. The zero-order valence-corrected chi connectivity index (χ0v) is 10.8. The van der Waals surface area contributed by atoms with Crippen molar-refractivity contribution >= 4 is 28.8 Å². The molecule has 0 radical (unpaired) electrons. The second-order valence-corrected chi connectivity index (χ2v) is 5.18. The van der Waals surface area contributed by atoms with E-state index >= 15 is 0 Å². The molecule has 1 aromatic rings. The zero-order valence-electron chi connectivity index (χ0n) is 9.20. The summed E-state index contributed by atoms with van der Waals surface area (Å²) < 4.78 is 5.52. The lowest BCUT2D eigenvalue weighted by atomic mass is 10.2. The molecule has 0 aliphatic rings. The molecule has 0 spiro atoms. The molecular formula is C10H15ClN2O2S. The number of methoxy groups -OCH3 is 1. The fourth-order valence-electron chi connectivity index (χ4n) is 1.21. The summed E-state index contributed by atoms with van der Waals surface area (Å²) in [4.78, 5) is 12.6. The summed E-state index contributed by atoms with van der Waals surface area (Å²) in [5.41, 5.74) is 5.60. The van der Waals surface area contributed by atoms with Gasteiger partial charge in [0.05, 0.1) is 17.0 Å². The molecule has 1 aromatic heterocycles. The van der Waals surface area contributed by atoms with E-state index in [9.17, 15) is 4.79 Å². The van der Waals surface area contributed by atoms with Crippen molar-refractivity contribution in [2.45, 2.75) is 19.0 Å². The number of halogens is 1. The highest BCUT2D eigenvalue weighted by Gasteiger charge is 2.17. The van der Waals surface area contributed by atoms with Crippen molar-refractivity contribution in [2.24, 2.45) is 5.73 Å². The first-order valence-corrected chi connectivity index (χ1v) is 6.04. The molecule has 3 N–H and O–H groups in total. The summed E-state index contributed by atoms with van der Waals surface area (Å²) in [7, 11) is 1.51. The van der Waals surface area contributed by atoms with Crippen LogP contribution in [0.15, 0.2) is 12.1 Å². The Balaban J connectivity index is 2.51. The second-order valence-electron chi connectivity index (χ2n) is 3.43. The number of nitrogens with one attached hydrogen (secondary N) is 1. The van der Waals surface area contributed by atoms with Gasteiger partial charge in [0.2, 0.25) is 5.91 Å². The first-order chi connectivity index (χ1) is 7.54. The molecule has 0 aliphatic carbocycles. The summed E-state index contributed by atoms with van der Waals surface area (Å²) in [5.74, 6) is -0.223. The van der Waals surface area contributed by atoms with E-state index in [1.807, 2.05) is 13.0 Å². The van der Waals surface area contributed by atoms with E-state index in [-0.39, 0.29) is 18.6 Å². The number of hydrogen-bond donors (Lipinski definition) is 2. The SMILES string of the molecule is COCC(N)C(=O)NC(C)c1ccc(Cl)s1. The predicted molar refractivity (Wildman–Crippen MR) is 65.7 cm³/mol. The highest BCUT2D eigenvalue weighted by Crippen LogP contribution is 2.26. The van der Waals surface area contributed by atoms with Gasteiger partial charge in [-0.1, -0.05) is 11.6 Å². The molecule has 0 fully saturated rings. The summed E-state index contributed by atoms with van der Waals surface area (Å²) >= 11 is 7.26. The van der Waals surface area contributed by atoms with Crippen molar-refractivity contribution in [1.82, 2.24) is 5.32 Å². The molecule has 0 aliphatic heterocycles. The van der Waals surface area contributed by atoms with Crippen molar-refractivity contribution in [3.63, 3.8) is 0 Å². The molecule has 0 saturated heterocycles. The molecule has 1 heterocycles. The Morgan fingerprint density at radius 2 is 2.38 bits per heavy atom. The topological polar surface area (TPSA) is 64.3 Å². The molecule has 4 nitrogen and oxygen atoms in total. The number of thiophene rings is 1. The predicted octanol–water partition coefficient (Wildman–Crippen LogP) is 1.55. The lowest BCUT2D eigenvalue weighted by Crippen LogP contribution is -2.44. The minimum absolute atomic E-state index is 0.0899. The number of carbonyl (C=O) groups excluding carboxylic acids is 1. The first kappa shape index (κ1) is 13.4. The van der Waals surface area contributed by atoms with Gasteiger partial charge < -0.3 is 15.8 Å². The summed E-state index contributed by atoms with van der Waals surface area (Å²) in [6.07, 6.45) is 0. The van der Waals surface area contributed by atoms with E-state index in [0.717, 1.165) is 4.88 Å². The third-order valence-corrected chi connectivity index (χ3v) is 3.48. The molecule has 2 unspecified atom stereocenters. The Hall–Kier alpha value is -0.620. The molecule has 1 rings (SSSR count). The van der Waals surface area contributed by atoms with Crippen LogP contribution in [-0.2, 0) is 9.53 Å². The van der Waals surface area contributed by atoms with Crippen LogP contribution in [0.3, 0.4) is 0 Å². The molecule has 16 heavy (non-hydrogen) atoms. The number of amides is 1. The van der Waals surface area contributed by atoms with Crippen LogP contribution in [0, 0.1) is 0 Å². The monoisotopic (exact) mass is 262 g/mol. The average Bonchev–Trinajstić information content (AvgIpc) is 2.65. The summed E-state index contributed by atoms with van der Waals surface area (Å²) in [6.45, 7) is 2.10. The lowest BCUT2D eigenvalue weighted by molar-refractivity contribution is -0.124. The van der Waals surface area contributed by atoms with Gasteiger partial charge >= 0.3 is 0 Å². The van der Waals surface area contributed by atoms with Gasteiger partial charge in [0.25, 0.3) is 0 Å². The van der Waals surface area contributed by atoms with Crippen LogP contribution >= 0.6 is 22.9 Å². The Bertz CT molecular complexity index is 356. The average molecular weight is 263 g/mol. The highest BCUT2D eigenvalue weighted by molar-refractivity contribution is 7.16. The molecule has 6 heteroatoms. The Morgan fingerprint density at radius 1 is 1.69 bits per heavy atom. The van der Waals surface area contributed by atoms with Crippen molar-refractivity contribution in [3.05, 3.63) is 21.3 Å². The van der Waals surface area contributed by atoms with Crippen LogP contribution in [0.4, 0.5) is 0 Å². The molecule has 0 bridgehead atoms. The molecular weight excluding hydrogens is 248 g/mol. The fourth-order valence-corrected chi connectivity index (χ4v) is 2.27. The smallest absolute Gasteiger partial charge is 0.239 e.